The van der Waals surface area contributed by atoms with Gasteiger partial charge in [-0.05, 0) is 56.3 Å². The van der Waals surface area contributed by atoms with E-state index in [0.29, 0.717) is 18.5 Å². The van der Waals surface area contributed by atoms with E-state index >= 15 is 0 Å². The van der Waals surface area contributed by atoms with Crippen LogP contribution in [0.25, 0.3) is 0 Å². The number of hydrogen-bond donors (Lipinski definition) is 1. The summed E-state index contributed by atoms with van der Waals surface area (Å²) in [5.41, 5.74) is 1.77. The molecule has 5 nitrogen and oxygen atoms in total. The molecule has 1 atom stereocenters. The largest absolute Gasteiger partial charge is 0.352 e. The first kappa shape index (κ1) is 19.9. The lowest BCUT2D eigenvalue weighted by Crippen LogP contribution is -2.40. The van der Waals surface area contributed by atoms with Gasteiger partial charge >= 0.3 is 0 Å². The molecule has 0 radical (unpaired) electrons. The fraction of sp³-hybridized carbons (Fsp3) is 0.636. The maximum absolute atomic E-state index is 12.3. The van der Waals surface area contributed by atoms with E-state index in [1.165, 1.54) is 32.2 Å². The second-order valence-corrected chi connectivity index (χ2v) is 7.82. The molecule has 27 heavy (non-hydrogen) atoms. The SMILES string of the molecule is CCC1CCCCN1CCCNC(=O)c1ccc(CN2CCCC2=O)cc1. The summed E-state index contributed by atoms with van der Waals surface area (Å²) in [5, 5.41) is 3.04. The molecule has 2 amide bonds. The van der Waals surface area contributed by atoms with Crippen LogP contribution in [0.3, 0.4) is 0 Å². The maximum atomic E-state index is 12.3. The molecule has 1 aromatic rings. The zero-order chi connectivity index (χ0) is 19.1. The molecule has 0 aromatic heterocycles. The van der Waals surface area contributed by atoms with Crippen LogP contribution in [0.5, 0.6) is 0 Å². The van der Waals surface area contributed by atoms with Crippen LogP contribution in [-0.2, 0) is 11.3 Å². The van der Waals surface area contributed by atoms with Gasteiger partial charge in [-0.2, -0.15) is 0 Å². The second kappa shape index (κ2) is 9.88. The number of piperidine rings is 1. The Morgan fingerprint density at radius 1 is 1.15 bits per heavy atom. The molecule has 3 rings (SSSR count). The van der Waals surface area contributed by atoms with E-state index in [9.17, 15) is 9.59 Å². The van der Waals surface area contributed by atoms with Gasteiger partial charge < -0.3 is 15.1 Å². The molecule has 2 heterocycles. The van der Waals surface area contributed by atoms with Crippen molar-refractivity contribution in [2.24, 2.45) is 0 Å². The zero-order valence-corrected chi connectivity index (χ0v) is 16.6. The predicted octanol–water partition coefficient (Wildman–Crippen LogP) is 3.19. The standard InChI is InChI=1S/C22H33N3O2/c1-2-20-7-3-4-14-24(20)16-6-13-23-22(27)19-11-9-18(10-12-19)17-25-15-5-8-21(25)26/h9-12,20H,2-8,13-17H2,1H3,(H,23,27). The molecule has 0 aliphatic carbocycles. The maximum Gasteiger partial charge on any atom is 0.251 e. The number of nitrogens with one attached hydrogen (secondary N) is 1. The molecule has 0 saturated carbocycles. The third-order valence-electron chi connectivity index (χ3n) is 5.89. The molecular weight excluding hydrogens is 338 g/mol. The van der Waals surface area contributed by atoms with E-state index in [-0.39, 0.29) is 11.8 Å². The van der Waals surface area contributed by atoms with Gasteiger partial charge in [-0.15, -0.1) is 0 Å². The lowest BCUT2D eigenvalue weighted by Gasteiger charge is -2.35. The van der Waals surface area contributed by atoms with E-state index in [1.54, 1.807) is 0 Å². The average Bonchev–Trinajstić information content (AvgIpc) is 3.10. The van der Waals surface area contributed by atoms with Gasteiger partial charge in [0.05, 0.1) is 0 Å². The van der Waals surface area contributed by atoms with Gasteiger partial charge in [-0.3, -0.25) is 9.59 Å². The molecule has 0 spiro atoms. The smallest absolute Gasteiger partial charge is 0.251 e. The summed E-state index contributed by atoms with van der Waals surface area (Å²) in [4.78, 5) is 28.5. The number of nitrogens with zero attached hydrogens (tertiary/aromatic N) is 2. The number of carbonyl (C=O) groups excluding carboxylic acids is 2. The quantitative estimate of drug-likeness (QED) is 0.714. The lowest BCUT2D eigenvalue weighted by atomic mass is 10.00. The summed E-state index contributed by atoms with van der Waals surface area (Å²) < 4.78 is 0. The van der Waals surface area contributed by atoms with Gasteiger partial charge in [0.15, 0.2) is 0 Å². The van der Waals surface area contributed by atoms with Gasteiger partial charge in [-0.25, -0.2) is 0 Å². The molecule has 2 fully saturated rings. The Kier molecular flexibility index (Phi) is 7.27. The first-order valence-corrected chi connectivity index (χ1v) is 10.6. The molecule has 2 aliphatic rings. The Hall–Kier alpha value is -1.88. The highest BCUT2D eigenvalue weighted by molar-refractivity contribution is 5.94. The molecule has 148 valence electrons. The monoisotopic (exact) mass is 371 g/mol. The highest BCUT2D eigenvalue weighted by Crippen LogP contribution is 2.19. The van der Waals surface area contributed by atoms with Gasteiger partial charge in [0.1, 0.15) is 0 Å². The van der Waals surface area contributed by atoms with Crippen LogP contribution in [0.2, 0.25) is 0 Å². The van der Waals surface area contributed by atoms with Crippen molar-refractivity contribution in [2.45, 2.75) is 64.5 Å². The Morgan fingerprint density at radius 3 is 2.67 bits per heavy atom. The summed E-state index contributed by atoms with van der Waals surface area (Å²) >= 11 is 0. The van der Waals surface area contributed by atoms with Crippen molar-refractivity contribution in [2.75, 3.05) is 26.2 Å². The van der Waals surface area contributed by atoms with Gasteiger partial charge in [0.25, 0.3) is 5.91 Å². The summed E-state index contributed by atoms with van der Waals surface area (Å²) in [6.07, 6.45) is 7.82. The van der Waals surface area contributed by atoms with Gasteiger partial charge in [-0.1, -0.05) is 25.5 Å². The van der Waals surface area contributed by atoms with Crippen molar-refractivity contribution in [1.29, 1.82) is 0 Å². The van der Waals surface area contributed by atoms with Crippen LogP contribution in [0.1, 0.15) is 67.8 Å². The summed E-state index contributed by atoms with van der Waals surface area (Å²) in [6.45, 7) is 6.75. The highest BCUT2D eigenvalue weighted by atomic mass is 16.2. The number of rotatable bonds is 8. The fourth-order valence-electron chi connectivity index (χ4n) is 4.26. The van der Waals surface area contributed by atoms with Crippen molar-refractivity contribution < 1.29 is 9.59 Å². The number of likely N-dealkylation sites (tertiary alicyclic amines) is 2. The minimum Gasteiger partial charge on any atom is -0.352 e. The van der Waals surface area contributed by atoms with Crippen molar-refractivity contribution in [1.82, 2.24) is 15.1 Å². The number of carbonyl (C=O) groups is 2. The molecule has 2 saturated heterocycles. The average molecular weight is 372 g/mol. The van der Waals surface area contributed by atoms with Crippen LogP contribution < -0.4 is 5.32 Å². The van der Waals surface area contributed by atoms with Crippen LogP contribution in [-0.4, -0.2) is 53.8 Å². The van der Waals surface area contributed by atoms with E-state index in [2.05, 4.69) is 17.1 Å². The Morgan fingerprint density at radius 2 is 1.96 bits per heavy atom. The molecule has 5 heteroatoms. The van der Waals surface area contributed by atoms with Crippen LogP contribution in [0.4, 0.5) is 0 Å². The molecule has 2 aliphatic heterocycles. The summed E-state index contributed by atoms with van der Waals surface area (Å²) in [7, 11) is 0. The summed E-state index contributed by atoms with van der Waals surface area (Å²) in [6, 6.07) is 8.37. The second-order valence-electron chi connectivity index (χ2n) is 7.82. The summed E-state index contributed by atoms with van der Waals surface area (Å²) in [5.74, 6) is 0.223. The third-order valence-corrected chi connectivity index (χ3v) is 5.89. The molecule has 0 bridgehead atoms. The van der Waals surface area contributed by atoms with Crippen molar-refractivity contribution in [3.05, 3.63) is 35.4 Å². The number of benzene rings is 1. The Labute approximate surface area is 163 Å². The Balaban J connectivity index is 1.39. The minimum absolute atomic E-state index is 0.00974. The topological polar surface area (TPSA) is 52.7 Å². The van der Waals surface area contributed by atoms with Crippen LogP contribution in [0, 0.1) is 0 Å². The normalized spacial score (nSPS) is 20.9. The van der Waals surface area contributed by atoms with Crippen LogP contribution >= 0.6 is 0 Å². The zero-order valence-electron chi connectivity index (χ0n) is 16.6. The number of amides is 2. The molecule has 1 N–H and O–H groups in total. The Bertz CT molecular complexity index is 629. The van der Waals surface area contributed by atoms with Crippen molar-refractivity contribution in [3.63, 3.8) is 0 Å². The van der Waals surface area contributed by atoms with E-state index in [4.69, 9.17) is 0 Å². The van der Waals surface area contributed by atoms with Gasteiger partial charge in [0.2, 0.25) is 5.91 Å². The lowest BCUT2D eigenvalue weighted by molar-refractivity contribution is -0.128. The molecule has 1 unspecified atom stereocenters. The molecular formula is C22H33N3O2. The first-order chi connectivity index (χ1) is 13.2. The highest BCUT2D eigenvalue weighted by Gasteiger charge is 2.21. The first-order valence-electron chi connectivity index (χ1n) is 10.6. The van der Waals surface area contributed by atoms with Crippen molar-refractivity contribution in [3.8, 4) is 0 Å². The molecule has 1 aromatic carbocycles. The van der Waals surface area contributed by atoms with E-state index in [1.807, 2.05) is 29.2 Å². The van der Waals surface area contributed by atoms with E-state index in [0.717, 1.165) is 44.1 Å². The van der Waals surface area contributed by atoms with E-state index < -0.39 is 0 Å². The van der Waals surface area contributed by atoms with Gasteiger partial charge in [0, 0.05) is 44.2 Å². The minimum atomic E-state index is -0.00974. The van der Waals surface area contributed by atoms with Crippen LogP contribution in [0.15, 0.2) is 24.3 Å². The third kappa shape index (κ3) is 5.55. The van der Waals surface area contributed by atoms with Crippen molar-refractivity contribution >= 4 is 11.8 Å². The number of hydrogen-bond acceptors (Lipinski definition) is 3. The fourth-order valence-corrected chi connectivity index (χ4v) is 4.26. The predicted molar refractivity (Wildman–Crippen MR) is 108 cm³/mol.